The molecule has 6 nitrogen and oxygen atoms in total. The van der Waals surface area contributed by atoms with E-state index in [1.165, 1.54) is 0 Å². The Morgan fingerprint density at radius 2 is 2.05 bits per heavy atom. The van der Waals surface area contributed by atoms with Gasteiger partial charge in [0.05, 0.1) is 14.2 Å². The van der Waals surface area contributed by atoms with Crippen molar-refractivity contribution in [2.75, 3.05) is 19.5 Å². The molecule has 0 aliphatic carbocycles. The van der Waals surface area contributed by atoms with Gasteiger partial charge in [0.25, 0.3) is 0 Å². The second-order valence-electron chi connectivity index (χ2n) is 4.11. The molecule has 0 aliphatic rings. The van der Waals surface area contributed by atoms with E-state index in [1.807, 2.05) is 25.1 Å². The first-order valence-electron chi connectivity index (χ1n) is 6.09. The van der Waals surface area contributed by atoms with E-state index >= 15 is 0 Å². The number of methoxy groups -OCH3 is 2. The van der Waals surface area contributed by atoms with Crippen molar-refractivity contribution < 1.29 is 14.7 Å². The molecule has 1 unspecified atom stereocenters. The number of amidine groups is 1. The molecule has 0 amide bonds. The van der Waals surface area contributed by atoms with Crippen molar-refractivity contribution in [1.82, 2.24) is 0 Å². The van der Waals surface area contributed by atoms with Gasteiger partial charge < -0.3 is 25.7 Å². The first-order valence-corrected chi connectivity index (χ1v) is 6.09. The van der Waals surface area contributed by atoms with Crippen LogP contribution in [-0.4, -0.2) is 31.3 Å². The molecule has 1 aromatic carbocycles. The van der Waals surface area contributed by atoms with Crippen molar-refractivity contribution >= 4 is 11.5 Å². The molecule has 106 valence electrons. The summed E-state index contributed by atoms with van der Waals surface area (Å²) in [5, 5.41) is 14.9. The van der Waals surface area contributed by atoms with E-state index in [0.717, 1.165) is 12.1 Å². The fraction of sp³-hybridized carbons (Fsp3) is 0.462. The number of rotatable bonds is 7. The van der Waals surface area contributed by atoms with Gasteiger partial charge in [0, 0.05) is 24.2 Å². The highest BCUT2D eigenvalue weighted by molar-refractivity contribution is 5.80. The van der Waals surface area contributed by atoms with Gasteiger partial charge in [-0.2, -0.15) is 0 Å². The summed E-state index contributed by atoms with van der Waals surface area (Å²) in [4.78, 5) is 0. The van der Waals surface area contributed by atoms with Crippen molar-refractivity contribution in [2.24, 2.45) is 10.9 Å². The summed E-state index contributed by atoms with van der Waals surface area (Å²) in [6, 6.07) is 5.68. The van der Waals surface area contributed by atoms with Gasteiger partial charge in [-0.1, -0.05) is 12.1 Å². The van der Waals surface area contributed by atoms with Gasteiger partial charge in [-0.25, -0.2) is 0 Å². The minimum atomic E-state index is 0.0917. The van der Waals surface area contributed by atoms with Crippen LogP contribution in [0.5, 0.6) is 11.5 Å². The Kier molecular flexibility index (Phi) is 5.78. The van der Waals surface area contributed by atoms with Gasteiger partial charge >= 0.3 is 0 Å². The quantitative estimate of drug-likeness (QED) is 0.304. The third-order valence-corrected chi connectivity index (χ3v) is 2.83. The van der Waals surface area contributed by atoms with E-state index in [4.69, 9.17) is 20.4 Å². The molecule has 19 heavy (non-hydrogen) atoms. The number of nitrogens with one attached hydrogen (secondary N) is 1. The monoisotopic (exact) mass is 267 g/mol. The summed E-state index contributed by atoms with van der Waals surface area (Å²) in [6.07, 6.45) is 1.33. The minimum Gasteiger partial charge on any atom is -0.493 e. The Morgan fingerprint density at radius 3 is 2.58 bits per heavy atom. The minimum absolute atomic E-state index is 0.0917. The zero-order chi connectivity index (χ0) is 14.3. The van der Waals surface area contributed by atoms with Crippen LogP contribution in [0.15, 0.2) is 23.4 Å². The molecule has 1 atom stereocenters. The Bertz CT molecular complexity index is 435. The number of oxime groups is 1. The van der Waals surface area contributed by atoms with Crippen molar-refractivity contribution in [3.63, 3.8) is 0 Å². The molecule has 0 radical (unpaired) electrons. The second kappa shape index (κ2) is 7.35. The number of benzene rings is 1. The summed E-state index contributed by atoms with van der Waals surface area (Å²) in [6.45, 7) is 2.03. The van der Waals surface area contributed by atoms with Gasteiger partial charge in [0.1, 0.15) is 5.84 Å². The largest absolute Gasteiger partial charge is 0.493 e. The van der Waals surface area contributed by atoms with Crippen LogP contribution in [0.4, 0.5) is 5.69 Å². The predicted molar refractivity (Wildman–Crippen MR) is 75.3 cm³/mol. The first-order chi connectivity index (χ1) is 9.14. The molecule has 6 heteroatoms. The van der Waals surface area contributed by atoms with Gasteiger partial charge in [0.15, 0.2) is 11.5 Å². The second-order valence-corrected chi connectivity index (χ2v) is 4.11. The van der Waals surface area contributed by atoms with Crippen LogP contribution in [0.3, 0.4) is 0 Å². The maximum Gasteiger partial charge on any atom is 0.162 e. The van der Waals surface area contributed by atoms with E-state index in [2.05, 4.69) is 10.5 Å². The van der Waals surface area contributed by atoms with Crippen LogP contribution in [0, 0.1) is 0 Å². The van der Waals surface area contributed by atoms with E-state index in [-0.39, 0.29) is 11.9 Å². The molecular weight excluding hydrogens is 246 g/mol. The van der Waals surface area contributed by atoms with Crippen molar-refractivity contribution in [1.29, 1.82) is 0 Å². The van der Waals surface area contributed by atoms with Crippen molar-refractivity contribution in [3.8, 4) is 11.5 Å². The number of anilines is 1. The van der Waals surface area contributed by atoms with E-state index in [1.54, 1.807) is 14.2 Å². The first kappa shape index (κ1) is 14.9. The van der Waals surface area contributed by atoms with E-state index < -0.39 is 0 Å². The third-order valence-electron chi connectivity index (χ3n) is 2.83. The fourth-order valence-corrected chi connectivity index (χ4v) is 1.75. The van der Waals surface area contributed by atoms with Crippen LogP contribution in [0.2, 0.25) is 0 Å². The van der Waals surface area contributed by atoms with Gasteiger partial charge in [-0.15, -0.1) is 0 Å². The predicted octanol–water partition coefficient (Wildman–Crippen LogP) is 2.03. The van der Waals surface area contributed by atoms with E-state index in [0.29, 0.717) is 17.9 Å². The molecule has 0 aromatic heterocycles. The summed E-state index contributed by atoms with van der Waals surface area (Å²) in [5.41, 5.74) is 6.42. The van der Waals surface area contributed by atoms with Crippen LogP contribution in [0.25, 0.3) is 0 Å². The summed E-state index contributed by atoms with van der Waals surface area (Å²) in [5.74, 6) is 1.54. The maximum atomic E-state index is 8.59. The standard InChI is InChI=1S/C13H21N3O3/c1-4-9(8-13(14)16-17)15-10-5-6-11(18-2)12(7-10)19-3/h5-7,9,15,17H,4,8H2,1-3H3,(H2,14,16). The molecular formula is C13H21N3O3. The molecule has 0 heterocycles. The number of hydrogen-bond donors (Lipinski definition) is 3. The van der Waals surface area contributed by atoms with Crippen LogP contribution in [-0.2, 0) is 0 Å². The van der Waals surface area contributed by atoms with Crippen LogP contribution >= 0.6 is 0 Å². The smallest absolute Gasteiger partial charge is 0.162 e. The molecule has 1 aromatic rings. The molecule has 0 spiro atoms. The molecule has 4 N–H and O–H groups in total. The maximum absolute atomic E-state index is 8.59. The van der Waals surface area contributed by atoms with Gasteiger partial charge in [0.2, 0.25) is 0 Å². The van der Waals surface area contributed by atoms with Crippen LogP contribution < -0.4 is 20.5 Å². The molecule has 0 aliphatic heterocycles. The highest BCUT2D eigenvalue weighted by Crippen LogP contribution is 2.30. The van der Waals surface area contributed by atoms with Crippen molar-refractivity contribution in [2.45, 2.75) is 25.8 Å². The lowest BCUT2D eigenvalue weighted by Crippen LogP contribution is -2.26. The molecule has 0 saturated carbocycles. The Labute approximate surface area is 113 Å². The zero-order valence-corrected chi connectivity index (χ0v) is 11.5. The number of nitrogens with zero attached hydrogens (tertiary/aromatic N) is 1. The Balaban J connectivity index is 2.80. The van der Waals surface area contributed by atoms with Gasteiger partial charge in [-0.3, -0.25) is 0 Å². The lowest BCUT2D eigenvalue weighted by Gasteiger charge is -2.18. The lowest BCUT2D eigenvalue weighted by molar-refractivity contribution is 0.316. The fourth-order valence-electron chi connectivity index (χ4n) is 1.75. The van der Waals surface area contributed by atoms with Crippen LogP contribution in [0.1, 0.15) is 19.8 Å². The summed E-state index contributed by atoms with van der Waals surface area (Å²) in [7, 11) is 3.19. The number of hydrogen-bond acceptors (Lipinski definition) is 5. The molecule has 1 rings (SSSR count). The van der Waals surface area contributed by atoms with Gasteiger partial charge in [-0.05, 0) is 18.6 Å². The number of ether oxygens (including phenoxy) is 2. The molecule has 0 fully saturated rings. The zero-order valence-electron chi connectivity index (χ0n) is 11.5. The summed E-state index contributed by atoms with van der Waals surface area (Å²) >= 11 is 0. The lowest BCUT2D eigenvalue weighted by atomic mass is 10.1. The van der Waals surface area contributed by atoms with E-state index in [9.17, 15) is 0 Å². The molecule has 0 bridgehead atoms. The summed E-state index contributed by atoms with van der Waals surface area (Å²) < 4.78 is 10.4. The highest BCUT2D eigenvalue weighted by Gasteiger charge is 2.11. The Hall–Kier alpha value is -2.11. The number of nitrogens with two attached hydrogens (primary N) is 1. The Morgan fingerprint density at radius 1 is 1.37 bits per heavy atom. The highest BCUT2D eigenvalue weighted by atomic mass is 16.5. The molecule has 0 saturated heterocycles. The normalized spacial score (nSPS) is 12.9. The van der Waals surface area contributed by atoms with Crippen molar-refractivity contribution in [3.05, 3.63) is 18.2 Å². The third kappa shape index (κ3) is 4.24. The SMILES string of the molecule is CCC(CC(N)=NO)Nc1ccc(OC)c(OC)c1. The topological polar surface area (TPSA) is 89.1 Å². The average molecular weight is 267 g/mol. The average Bonchev–Trinajstić information content (AvgIpc) is 2.45.